The maximum Gasteiger partial charge on any atom is 0.325 e. The lowest BCUT2D eigenvalue weighted by Crippen LogP contribution is -2.43. The molecule has 0 aromatic heterocycles. The quantitative estimate of drug-likeness (QED) is 0.893. The first-order chi connectivity index (χ1) is 8.59. The Morgan fingerprint density at radius 1 is 1.28 bits per heavy atom. The van der Waals surface area contributed by atoms with Crippen LogP contribution in [-0.2, 0) is 4.79 Å². The van der Waals surface area contributed by atoms with E-state index in [1.54, 1.807) is 0 Å². The second-order valence-electron chi connectivity index (χ2n) is 5.39. The summed E-state index contributed by atoms with van der Waals surface area (Å²) in [6.07, 6.45) is 1.08. The molecule has 3 heteroatoms. The van der Waals surface area contributed by atoms with Crippen LogP contribution >= 0.6 is 0 Å². The summed E-state index contributed by atoms with van der Waals surface area (Å²) >= 11 is 0. The molecule has 1 aliphatic rings. The van der Waals surface area contributed by atoms with Crippen molar-refractivity contribution in [3.05, 3.63) is 35.9 Å². The van der Waals surface area contributed by atoms with Crippen molar-refractivity contribution in [2.24, 2.45) is 11.8 Å². The lowest BCUT2D eigenvalue weighted by atomic mass is 9.87. The SMILES string of the molecule is CC1CCN(C(C(=O)O)c2ccccc2)CC1C. The van der Waals surface area contributed by atoms with Crippen molar-refractivity contribution in [2.75, 3.05) is 13.1 Å². The normalized spacial score (nSPS) is 26.8. The minimum atomic E-state index is -0.747. The number of benzene rings is 1. The fraction of sp³-hybridized carbons (Fsp3) is 0.533. The largest absolute Gasteiger partial charge is 0.480 e. The number of rotatable bonds is 3. The van der Waals surface area contributed by atoms with Crippen LogP contribution in [0.15, 0.2) is 30.3 Å². The number of likely N-dealkylation sites (tertiary alicyclic amines) is 1. The van der Waals surface area contributed by atoms with E-state index in [1.165, 1.54) is 0 Å². The minimum absolute atomic E-state index is 0.499. The first-order valence-corrected chi connectivity index (χ1v) is 6.61. The maximum absolute atomic E-state index is 11.5. The highest BCUT2D eigenvalue weighted by atomic mass is 16.4. The number of nitrogens with zero attached hydrogens (tertiary/aromatic N) is 1. The van der Waals surface area contributed by atoms with Crippen LogP contribution < -0.4 is 0 Å². The molecule has 1 saturated heterocycles. The second-order valence-corrected chi connectivity index (χ2v) is 5.39. The van der Waals surface area contributed by atoms with Crippen molar-refractivity contribution in [1.29, 1.82) is 0 Å². The van der Waals surface area contributed by atoms with Gasteiger partial charge >= 0.3 is 5.97 Å². The molecule has 3 unspecified atom stereocenters. The van der Waals surface area contributed by atoms with Gasteiger partial charge in [-0.15, -0.1) is 0 Å². The molecule has 18 heavy (non-hydrogen) atoms. The molecule has 3 atom stereocenters. The van der Waals surface area contributed by atoms with Crippen molar-refractivity contribution >= 4 is 5.97 Å². The molecule has 0 bridgehead atoms. The summed E-state index contributed by atoms with van der Waals surface area (Å²) < 4.78 is 0. The highest BCUT2D eigenvalue weighted by Gasteiger charge is 2.32. The molecular formula is C15H21NO2. The molecule has 0 radical (unpaired) electrons. The molecule has 1 heterocycles. The topological polar surface area (TPSA) is 40.5 Å². The molecule has 0 amide bonds. The standard InChI is InChI=1S/C15H21NO2/c1-11-8-9-16(10-12(11)2)14(15(17)18)13-6-4-3-5-7-13/h3-7,11-12,14H,8-10H2,1-2H3,(H,17,18). The second kappa shape index (κ2) is 5.53. The van der Waals surface area contributed by atoms with Gasteiger partial charge in [0.1, 0.15) is 6.04 Å². The molecule has 98 valence electrons. The van der Waals surface area contributed by atoms with E-state index in [1.807, 2.05) is 30.3 Å². The van der Waals surface area contributed by atoms with Gasteiger partial charge in [0.2, 0.25) is 0 Å². The molecule has 1 aromatic carbocycles. The number of hydrogen-bond acceptors (Lipinski definition) is 2. The highest BCUT2D eigenvalue weighted by molar-refractivity contribution is 5.75. The Hall–Kier alpha value is -1.35. The molecular weight excluding hydrogens is 226 g/mol. The summed E-state index contributed by atoms with van der Waals surface area (Å²) in [6, 6.07) is 9.04. The molecule has 3 nitrogen and oxygen atoms in total. The number of piperidine rings is 1. The van der Waals surface area contributed by atoms with Crippen LogP contribution in [0.1, 0.15) is 31.9 Å². The third-order valence-electron chi connectivity index (χ3n) is 4.08. The molecule has 1 aromatic rings. The Morgan fingerprint density at radius 3 is 2.50 bits per heavy atom. The van der Waals surface area contributed by atoms with Crippen LogP contribution in [0.5, 0.6) is 0 Å². The van der Waals surface area contributed by atoms with E-state index in [9.17, 15) is 9.90 Å². The van der Waals surface area contributed by atoms with E-state index in [0.29, 0.717) is 11.8 Å². The van der Waals surface area contributed by atoms with Gasteiger partial charge in [-0.05, 0) is 30.4 Å². The molecule has 2 rings (SSSR count). The van der Waals surface area contributed by atoms with Crippen molar-refractivity contribution in [3.8, 4) is 0 Å². The average molecular weight is 247 g/mol. The van der Waals surface area contributed by atoms with E-state index in [4.69, 9.17) is 0 Å². The first-order valence-electron chi connectivity index (χ1n) is 6.61. The van der Waals surface area contributed by atoms with Crippen LogP contribution in [0.2, 0.25) is 0 Å². The van der Waals surface area contributed by atoms with Gasteiger partial charge in [0.25, 0.3) is 0 Å². The fourth-order valence-electron chi connectivity index (χ4n) is 2.67. The average Bonchev–Trinajstić information content (AvgIpc) is 2.35. The number of carbonyl (C=O) groups is 1. The zero-order chi connectivity index (χ0) is 13.1. The molecule has 0 saturated carbocycles. The monoisotopic (exact) mass is 247 g/mol. The summed E-state index contributed by atoms with van der Waals surface area (Å²) in [5.41, 5.74) is 0.881. The fourth-order valence-corrected chi connectivity index (χ4v) is 2.67. The Labute approximate surface area is 108 Å². The Balaban J connectivity index is 2.19. The first kappa shape index (κ1) is 13.1. The van der Waals surface area contributed by atoms with Crippen molar-refractivity contribution in [2.45, 2.75) is 26.3 Å². The maximum atomic E-state index is 11.5. The van der Waals surface area contributed by atoms with Crippen LogP contribution in [0.3, 0.4) is 0 Å². The third-order valence-corrected chi connectivity index (χ3v) is 4.08. The van der Waals surface area contributed by atoms with E-state index in [2.05, 4.69) is 18.7 Å². The summed E-state index contributed by atoms with van der Waals surface area (Å²) in [5.74, 6) is 0.499. The summed E-state index contributed by atoms with van der Waals surface area (Å²) in [7, 11) is 0. The zero-order valence-corrected chi connectivity index (χ0v) is 11.0. The Morgan fingerprint density at radius 2 is 1.94 bits per heavy atom. The number of aliphatic carboxylic acids is 1. The van der Waals surface area contributed by atoms with E-state index < -0.39 is 12.0 Å². The lowest BCUT2D eigenvalue weighted by molar-refractivity contribution is -0.144. The smallest absolute Gasteiger partial charge is 0.325 e. The number of carboxylic acids is 1. The van der Waals surface area contributed by atoms with Gasteiger partial charge in [-0.2, -0.15) is 0 Å². The summed E-state index contributed by atoms with van der Waals surface area (Å²) in [6.45, 7) is 6.20. The summed E-state index contributed by atoms with van der Waals surface area (Å²) in [4.78, 5) is 13.6. The third kappa shape index (κ3) is 2.72. The molecule has 0 aliphatic carbocycles. The van der Waals surface area contributed by atoms with Crippen LogP contribution in [0, 0.1) is 11.8 Å². The van der Waals surface area contributed by atoms with E-state index in [0.717, 1.165) is 25.1 Å². The van der Waals surface area contributed by atoms with Crippen molar-refractivity contribution in [3.63, 3.8) is 0 Å². The number of hydrogen-bond donors (Lipinski definition) is 1. The van der Waals surface area contributed by atoms with Crippen molar-refractivity contribution < 1.29 is 9.90 Å². The van der Waals surface area contributed by atoms with E-state index >= 15 is 0 Å². The zero-order valence-electron chi connectivity index (χ0n) is 11.0. The highest BCUT2D eigenvalue weighted by Crippen LogP contribution is 2.29. The molecule has 1 N–H and O–H groups in total. The van der Waals surface area contributed by atoms with Gasteiger partial charge in [0.15, 0.2) is 0 Å². The van der Waals surface area contributed by atoms with Gasteiger partial charge < -0.3 is 5.11 Å². The van der Waals surface area contributed by atoms with Gasteiger partial charge in [0, 0.05) is 6.54 Å². The summed E-state index contributed by atoms with van der Waals surface area (Å²) in [5, 5.41) is 9.49. The van der Waals surface area contributed by atoms with Crippen LogP contribution in [0.25, 0.3) is 0 Å². The Kier molecular flexibility index (Phi) is 4.02. The van der Waals surface area contributed by atoms with Gasteiger partial charge in [-0.3, -0.25) is 9.69 Å². The van der Waals surface area contributed by atoms with Crippen molar-refractivity contribution in [1.82, 2.24) is 4.90 Å². The van der Waals surface area contributed by atoms with Gasteiger partial charge in [-0.1, -0.05) is 44.2 Å². The van der Waals surface area contributed by atoms with E-state index in [-0.39, 0.29) is 0 Å². The molecule has 1 aliphatic heterocycles. The molecule has 0 spiro atoms. The van der Waals surface area contributed by atoms with Gasteiger partial charge in [0.05, 0.1) is 0 Å². The lowest BCUT2D eigenvalue weighted by Gasteiger charge is -2.38. The predicted octanol–water partition coefficient (Wildman–Crippen LogP) is 2.79. The van der Waals surface area contributed by atoms with Crippen LogP contribution in [-0.4, -0.2) is 29.1 Å². The molecule has 1 fully saturated rings. The number of carboxylic acid groups (broad SMARTS) is 1. The Bertz CT molecular complexity index is 404. The van der Waals surface area contributed by atoms with Gasteiger partial charge in [-0.25, -0.2) is 0 Å². The van der Waals surface area contributed by atoms with Crippen LogP contribution in [0.4, 0.5) is 0 Å². The minimum Gasteiger partial charge on any atom is -0.480 e. The predicted molar refractivity (Wildman–Crippen MR) is 71.3 cm³/mol.